The Bertz CT molecular complexity index is 453. The molecule has 0 saturated heterocycles. The van der Waals surface area contributed by atoms with Gasteiger partial charge in [0.05, 0.1) is 6.04 Å². The number of hydrogen-bond donors (Lipinski definition) is 1. The first-order chi connectivity index (χ1) is 8.25. The average Bonchev–Trinajstić information content (AvgIpc) is 2.77. The SMILES string of the molecule is Cc1cnc(C(C)NCCc2ccncc2)s1. The monoisotopic (exact) mass is 247 g/mol. The molecule has 2 aromatic heterocycles. The summed E-state index contributed by atoms with van der Waals surface area (Å²) in [6.45, 7) is 5.21. The molecule has 17 heavy (non-hydrogen) atoms. The van der Waals surface area contributed by atoms with Crippen LogP contribution in [0.15, 0.2) is 30.7 Å². The summed E-state index contributed by atoms with van der Waals surface area (Å²) in [5.41, 5.74) is 1.31. The van der Waals surface area contributed by atoms with Crippen molar-refractivity contribution in [3.63, 3.8) is 0 Å². The van der Waals surface area contributed by atoms with Crippen molar-refractivity contribution in [1.82, 2.24) is 15.3 Å². The zero-order valence-electron chi connectivity index (χ0n) is 10.2. The Morgan fingerprint density at radius 2 is 2.12 bits per heavy atom. The van der Waals surface area contributed by atoms with Crippen LogP contribution in [0.1, 0.15) is 28.4 Å². The molecule has 3 nitrogen and oxygen atoms in total. The number of pyridine rings is 1. The lowest BCUT2D eigenvalue weighted by atomic mass is 10.2. The van der Waals surface area contributed by atoms with Gasteiger partial charge in [-0.15, -0.1) is 11.3 Å². The molecule has 0 aromatic carbocycles. The summed E-state index contributed by atoms with van der Waals surface area (Å²) in [4.78, 5) is 9.66. The highest BCUT2D eigenvalue weighted by Crippen LogP contribution is 2.18. The fraction of sp³-hybridized carbons (Fsp3) is 0.385. The zero-order valence-corrected chi connectivity index (χ0v) is 11.0. The fourth-order valence-electron chi connectivity index (χ4n) is 1.64. The molecule has 4 heteroatoms. The molecule has 0 aliphatic heterocycles. The second kappa shape index (κ2) is 5.89. The molecule has 0 aliphatic carbocycles. The van der Waals surface area contributed by atoms with Crippen LogP contribution >= 0.6 is 11.3 Å². The van der Waals surface area contributed by atoms with E-state index in [-0.39, 0.29) is 0 Å². The van der Waals surface area contributed by atoms with Crippen LogP contribution in [0, 0.1) is 6.92 Å². The molecule has 1 N–H and O–H groups in total. The first-order valence-corrected chi connectivity index (χ1v) is 6.62. The van der Waals surface area contributed by atoms with E-state index >= 15 is 0 Å². The van der Waals surface area contributed by atoms with Gasteiger partial charge in [0.15, 0.2) is 0 Å². The van der Waals surface area contributed by atoms with Crippen molar-refractivity contribution in [2.75, 3.05) is 6.54 Å². The summed E-state index contributed by atoms with van der Waals surface area (Å²) >= 11 is 1.76. The molecule has 2 rings (SSSR count). The van der Waals surface area contributed by atoms with Gasteiger partial charge in [0.2, 0.25) is 0 Å². The summed E-state index contributed by atoms with van der Waals surface area (Å²) < 4.78 is 0. The van der Waals surface area contributed by atoms with Gasteiger partial charge in [-0.1, -0.05) is 0 Å². The first kappa shape index (κ1) is 12.2. The summed E-state index contributed by atoms with van der Waals surface area (Å²) in [5, 5.41) is 4.65. The summed E-state index contributed by atoms with van der Waals surface area (Å²) in [5.74, 6) is 0. The Hall–Kier alpha value is -1.26. The minimum Gasteiger partial charge on any atom is -0.308 e. The van der Waals surface area contributed by atoms with Gasteiger partial charge in [-0.2, -0.15) is 0 Å². The quantitative estimate of drug-likeness (QED) is 0.883. The molecule has 0 aliphatic rings. The van der Waals surface area contributed by atoms with E-state index in [1.165, 1.54) is 10.4 Å². The molecule has 0 bridgehead atoms. The van der Waals surface area contributed by atoms with E-state index in [2.05, 4.69) is 41.3 Å². The van der Waals surface area contributed by atoms with Gasteiger partial charge >= 0.3 is 0 Å². The van der Waals surface area contributed by atoms with Crippen LogP contribution in [-0.2, 0) is 6.42 Å². The molecule has 0 amide bonds. The molecular weight excluding hydrogens is 230 g/mol. The van der Waals surface area contributed by atoms with Crippen LogP contribution in [0.2, 0.25) is 0 Å². The molecule has 0 radical (unpaired) electrons. The van der Waals surface area contributed by atoms with E-state index in [4.69, 9.17) is 0 Å². The number of aryl methyl sites for hydroxylation is 1. The van der Waals surface area contributed by atoms with Crippen molar-refractivity contribution in [1.29, 1.82) is 0 Å². The number of rotatable bonds is 5. The Labute approximate surface area is 106 Å². The molecule has 90 valence electrons. The fourth-order valence-corrected chi connectivity index (χ4v) is 2.44. The summed E-state index contributed by atoms with van der Waals surface area (Å²) in [6.07, 6.45) is 6.63. The van der Waals surface area contributed by atoms with E-state index in [0.29, 0.717) is 6.04 Å². The lowest BCUT2D eigenvalue weighted by molar-refractivity contribution is 0.574. The number of thiazole rings is 1. The summed E-state index contributed by atoms with van der Waals surface area (Å²) in [7, 11) is 0. The van der Waals surface area contributed by atoms with Crippen LogP contribution in [0.5, 0.6) is 0 Å². The van der Waals surface area contributed by atoms with Crippen LogP contribution in [0.25, 0.3) is 0 Å². The van der Waals surface area contributed by atoms with Gasteiger partial charge in [0, 0.05) is 23.5 Å². The van der Waals surface area contributed by atoms with Gasteiger partial charge in [-0.3, -0.25) is 4.98 Å². The third-order valence-corrected chi connectivity index (χ3v) is 3.72. The van der Waals surface area contributed by atoms with E-state index in [0.717, 1.165) is 18.0 Å². The molecule has 2 aromatic rings. The van der Waals surface area contributed by atoms with Gasteiger partial charge in [0.1, 0.15) is 5.01 Å². The Balaban J connectivity index is 1.79. The zero-order chi connectivity index (χ0) is 12.1. The molecule has 2 heterocycles. The lowest BCUT2D eigenvalue weighted by Gasteiger charge is -2.10. The van der Waals surface area contributed by atoms with E-state index in [1.54, 1.807) is 11.3 Å². The van der Waals surface area contributed by atoms with Crippen molar-refractivity contribution in [2.45, 2.75) is 26.3 Å². The first-order valence-electron chi connectivity index (χ1n) is 5.80. The average molecular weight is 247 g/mol. The Kier molecular flexibility index (Phi) is 4.23. The minimum atomic E-state index is 0.329. The molecule has 0 saturated carbocycles. The molecule has 1 atom stereocenters. The molecule has 0 fully saturated rings. The van der Waals surface area contributed by atoms with Crippen LogP contribution < -0.4 is 5.32 Å². The number of hydrogen-bond acceptors (Lipinski definition) is 4. The van der Waals surface area contributed by atoms with Crippen molar-refractivity contribution >= 4 is 11.3 Å². The molecular formula is C13H17N3S. The Morgan fingerprint density at radius 3 is 2.76 bits per heavy atom. The van der Waals surface area contributed by atoms with Crippen LogP contribution in [0.3, 0.4) is 0 Å². The van der Waals surface area contributed by atoms with E-state index in [1.807, 2.05) is 18.6 Å². The third kappa shape index (κ3) is 3.61. The maximum absolute atomic E-state index is 4.39. The number of nitrogens with zero attached hydrogens (tertiary/aromatic N) is 2. The van der Waals surface area contributed by atoms with E-state index < -0.39 is 0 Å². The largest absolute Gasteiger partial charge is 0.308 e. The smallest absolute Gasteiger partial charge is 0.109 e. The highest BCUT2D eigenvalue weighted by molar-refractivity contribution is 7.11. The van der Waals surface area contributed by atoms with Gasteiger partial charge in [-0.25, -0.2) is 4.98 Å². The van der Waals surface area contributed by atoms with E-state index in [9.17, 15) is 0 Å². The second-order valence-electron chi connectivity index (χ2n) is 4.09. The van der Waals surface area contributed by atoms with Gasteiger partial charge < -0.3 is 5.32 Å². The minimum absolute atomic E-state index is 0.329. The molecule has 0 spiro atoms. The summed E-state index contributed by atoms with van der Waals surface area (Å²) in [6, 6.07) is 4.44. The normalized spacial score (nSPS) is 12.6. The maximum Gasteiger partial charge on any atom is 0.109 e. The number of nitrogens with one attached hydrogen (secondary N) is 1. The predicted octanol–water partition coefficient (Wildman–Crippen LogP) is 2.74. The third-order valence-electron chi connectivity index (χ3n) is 2.62. The Morgan fingerprint density at radius 1 is 1.35 bits per heavy atom. The highest BCUT2D eigenvalue weighted by atomic mass is 32.1. The van der Waals surface area contributed by atoms with Crippen molar-refractivity contribution in [3.8, 4) is 0 Å². The second-order valence-corrected chi connectivity index (χ2v) is 5.36. The highest BCUT2D eigenvalue weighted by Gasteiger charge is 2.07. The topological polar surface area (TPSA) is 37.8 Å². The maximum atomic E-state index is 4.39. The lowest BCUT2D eigenvalue weighted by Crippen LogP contribution is -2.21. The van der Waals surface area contributed by atoms with Crippen LogP contribution in [-0.4, -0.2) is 16.5 Å². The molecule has 1 unspecified atom stereocenters. The van der Waals surface area contributed by atoms with Crippen molar-refractivity contribution in [2.24, 2.45) is 0 Å². The van der Waals surface area contributed by atoms with Gasteiger partial charge in [0.25, 0.3) is 0 Å². The van der Waals surface area contributed by atoms with Gasteiger partial charge in [-0.05, 0) is 44.5 Å². The standard InChI is InChI=1S/C13H17N3S/c1-10-9-16-13(17-10)11(2)15-8-5-12-3-6-14-7-4-12/h3-4,6-7,9,11,15H,5,8H2,1-2H3. The van der Waals surface area contributed by atoms with Crippen LogP contribution in [0.4, 0.5) is 0 Å². The van der Waals surface area contributed by atoms with Crippen molar-refractivity contribution in [3.05, 3.63) is 46.2 Å². The van der Waals surface area contributed by atoms with Crippen molar-refractivity contribution < 1.29 is 0 Å². The number of aromatic nitrogens is 2. The predicted molar refractivity (Wildman–Crippen MR) is 71.2 cm³/mol.